The van der Waals surface area contributed by atoms with Gasteiger partial charge in [0.05, 0.1) is 11.1 Å². The number of hydrogen-bond acceptors (Lipinski definition) is 5. The number of hydrogen-bond donors (Lipinski definition) is 1. The lowest BCUT2D eigenvalue weighted by atomic mass is 10.0. The van der Waals surface area contributed by atoms with Gasteiger partial charge in [-0.2, -0.15) is 5.06 Å². The van der Waals surface area contributed by atoms with Crippen LogP contribution in [0.2, 0.25) is 0 Å². The molecule has 1 fully saturated rings. The van der Waals surface area contributed by atoms with E-state index in [2.05, 4.69) is 0 Å². The highest BCUT2D eigenvalue weighted by Gasteiger charge is 2.46. The third kappa shape index (κ3) is 2.29. The van der Waals surface area contributed by atoms with Crippen molar-refractivity contribution in [2.75, 3.05) is 0 Å². The lowest BCUT2D eigenvalue weighted by Crippen LogP contribution is -2.55. The summed E-state index contributed by atoms with van der Waals surface area (Å²) in [6, 6.07) is 5.12. The minimum absolute atomic E-state index is 0.0162. The summed E-state index contributed by atoms with van der Waals surface area (Å²) < 4.78 is 0. The highest BCUT2D eigenvalue weighted by molar-refractivity contribution is 6.23. The van der Waals surface area contributed by atoms with Crippen LogP contribution in [0.3, 0.4) is 0 Å². The van der Waals surface area contributed by atoms with E-state index in [1.807, 2.05) is 13.8 Å². The van der Waals surface area contributed by atoms with Gasteiger partial charge >= 0.3 is 0 Å². The summed E-state index contributed by atoms with van der Waals surface area (Å²) >= 11 is 0. The number of carbonyl (C=O) groups is 4. The SMILES string of the molecule is CC.O=C1CCC(N2C(=O)c3ccccc3C2=O)C(=O)N1O. The van der Waals surface area contributed by atoms with Crippen LogP contribution in [0.15, 0.2) is 24.3 Å². The molecule has 4 amide bonds. The van der Waals surface area contributed by atoms with E-state index in [9.17, 15) is 24.4 Å². The maximum Gasteiger partial charge on any atom is 0.276 e. The number of carbonyl (C=O) groups excluding carboxylic acids is 4. The first-order chi connectivity index (χ1) is 10.5. The zero-order valence-corrected chi connectivity index (χ0v) is 12.3. The molecule has 1 aromatic rings. The highest BCUT2D eigenvalue weighted by Crippen LogP contribution is 2.28. The summed E-state index contributed by atoms with van der Waals surface area (Å²) in [5.41, 5.74) is 0.457. The van der Waals surface area contributed by atoms with Gasteiger partial charge in [0.25, 0.3) is 23.6 Å². The first-order valence-electron chi connectivity index (χ1n) is 7.05. The molecule has 0 saturated carbocycles. The van der Waals surface area contributed by atoms with Gasteiger partial charge in [-0.05, 0) is 18.6 Å². The summed E-state index contributed by atoms with van der Waals surface area (Å²) in [7, 11) is 0. The normalized spacial score (nSPS) is 20.8. The Balaban J connectivity index is 0.000000847. The Morgan fingerprint density at radius 2 is 1.50 bits per heavy atom. The third-order valence-corrected chi connectivity index (χ3v) is 3.50. The monoisotopic (exact) mass is 304 g/mol. The predicted octanol–water partition coefficient (Wildman–Crippen LogP) is 1.22. The molecule has 7 heteroatoms. The molecule has 1 saturated heterocycles. The van der Waals surface area contributed by atoms with Crippen LogP contribution in [0.25, 0.3) is 0 Å². The van der Waals surface area contributed by atoms with Crippen molar-refractivity contribution in [1.29, 1.82) is 0 Å². The van der Waals surface area contributed by atoms with Gasteiger partial charge in [-0.25, -0.2) is 0 Å². The molecule has 0 aromatic heterocycles. The maximum absolute atomic E-state index is 12.2. The summed E-state index contributed by atoms with van der Waals surface area (Å²) in [5.74, 6) is -2.84. The van der Waals surface area contributed by atoms with E-state index in [0.717, 1.165) is 4.90 Å². The van der Waals surface area contributed by atoms with E-state index in [1.165, 1.54) is 12.1 Å². The van der Waals surface area contributed by atoms with Crippen molar-refractivity contribution < 1.29 is 24.4 Å². The zero-order chi connectivity index (χ0) is 16.4. The number of fused-ring (bicyclic) bond motifs is 1. The Hall–Kier alpha value is -2.54. The van der Waals surface area contributed by atoms with Crippen molar-refractivity contribution in [1.82, 2.24) is 9.96 Å². The van der Waals surface area contributed by atoms with Crippen LogP contribution in [-0.2, 0) is 9.59 Å². The molecule has 0 aliphatic carbocycles. The van der Waals surface area contributed by atoms with Gasteiger partial charge in [-0.1, -0.05) is 26.0 Å². The minimum Gasteiger partial charge on any atom is -0.278 e. The van der Waals surface area contributed by atoms with Gasteiger partial charge in [0.15, 0.2) is 0 Å². The number of amides is 4. The van der Waals surface area contributed by atoms with Crippen molar-refractivity contribution >= 4 is 23.6 Å². The van der Waals surface area contributed by atoms with E-state index in [4.69, 9.17) is 0 Å². The second-order valence-corrected chi connectivity index (χ2v) is 4.62. The van der Waals surface area contributed by atoms with Crippen molar-refractivity contribution in [2.45, 2.75) is 32.7 Å². The van der Waals surface area contributed by atoms with E-state index in [0.29, 0.717) is 0 Å². The first kappa shape index (κ1) is 15.8. The van der Waals surface area contributed by atoms with Crippen LogP contribution in [0.4, 0.5) is 0 Å². The molecular formula is C15H16N2O5. The van der Waals surface area contributed by atoms with Crippen LogP contribution in [0.5, 0.6) is 0 Å². The third-order valence-electron chi connectivity index (χ3n) is 3.50. The minimum atomic E-state index is -1.13. The summed E-state index contributed by atoms with van der Waals surface area (Å²) in [4.78, 5) is 48.3. The quantitative estimate of drug-likeness (QED) is 0.621. The zero-order valence-electron chi connectivity index (χ0n) is 12.3. The standard InChI is InChI=1S/C13H10N2O5.C2H6/c16-10-6-5-9(13(19)15(10)20)14-11(17)7-3-1-2-4-8(7)12(14)18;1-2/h1-4,9,20H,5-6H2;1-2H3. The number of benzene rings is 1. The van der Waals surface area contributed by atoms with E-state index < -0.39 is 29.7 Å². The van der Waals surface area contributed by atoms with Crippen molar-refractivity contribution in [3.8, 4) is 0 Å². The predicted molar refractivity (Wildman–Crippen MR) is 75.0 cm³/mol. The summed E-state index contributed by atoms with van der Waals surface area (Å²) in [6.07, 6.45) is -0.0689. The van der Waals surface area contributed by atoms with Crippen LogP contribution in [-0.4, -0.2) is 44.8 Å². The van der Waals surface area contributed by atoms with E-state index >= 15 is 0 Å². The average Bonchev–Trinajstić information content (AvgIpc) is 2.80. The van der Waals surface area contributed by atoms with Crippen molar-refractivity contribution in [3.05, 3.63) is 35.4 Å². The van der Waals surface area contributed by atoms with E-state index in [-0.39, 0.29) is 29.0 Å². The number of nitrogens with zero attached hydrogens (tertiary/aromatic N) is 2. The Labute approximate surface area is 127 Å². The molecular weight excluding hydrogens is 288 g/mol. The molecule has 1 aromatic carbocycles. The van der Waals surface area contributed by atoms with Crippen LogP contribution < -0.4 is 0 Å². The number of rotatable bonds is 1. The molecule has 2 aliphatic rings. The average molecular weight is 304 g/mol. The smallest absolute Gasteiger partial charge is 0.276 e. The molecule has 2 heterocycles. The second-order valence-electron chi connectivity index (χ2n) is 4.62. The van der Waals surface area contributed by atoms with Crippen LogP contribution in [0.1, 0.15) is 47.4 Å². The molecule has 0 spiro atoms. The largest absolute Gasteiger partial charge is 0.278 e. The van der Waals surface area contributed by atoms with Gasteiger partial charge in [0.2, 0.25) is 0 Å². The number of hydroxylamine groups is 2. The van der Waals surface area contributed by atoms with Crippen molar-refractivity contribution in [3.63, 3.8) is 0 Å². The van der Waals surface area contributed by atoms with Crippen LogP contribution in [0, 0.1) is 0 Å². The Morgan fingerprint density at radius 3 is 2.00 bits per heavy atom. The number of piperidine rings is 1. The van der Waals surface area contributed by atoms with Gasteiger partial charge in [0.1, 0.15) is 6.04 Å². The highest BCUT2D eigenvalue weighted by atomic mass is 16.5. The molecule has 0 radical (unpaired) electrons. The lowest BCUT2D eigenvalue weighted by Gasteiger charge is -2.30. The fourth-order valence-corrected chi connectivity index (χ4v) is 2.48. The molecule has 1 atom stereocenters. The fourth-order valence-electron chi connectivity index (χ4n) is 2.48. The summed E-state index contributed by atoms with van der Waals surface area (Å²) in [5, 5.41) is 9.34. The lowest BCUT2D eigenvalue weighted by molar-refractivity contribution is -0.186. The Kier molecular flexibility index (Phi) is 4.37. The van der Waals surface area contributed by atoms with Gasteiger partial charge < -0.3 is 0 Å². The fraction of sp³-hybridized carbons (Fsp3) is 0.333. The number of imide groups is 2. The molecule has 3 rings (SSSR count). The molecule has 116 valence electrons. The molecule has 1 N–H and O–H groups in total. The molecule has 22 heavy (non-hydrogen) atoms. The Morgan fingerprint density at radius 1 is 1.00 bits per heavy atom. The Bertz CT molecular complexity index is 620. The molecule has 2 aliphatic heterocycles. The molecule has 7 nitrogen and oxygen atoms in total. The van der Waals surface area contributed by atoms with Gasteiger partial charge in [-0.15, -0.1) is 0 Å². The van der Waals surface area contributed by atoms with Crippen LogP contribution >= 0.6 is 0 Å². The maximum atomic E-state index is 12.2. The molecule has 0 bridgehead atoms. The van der Waals surface area contributed by atoms with Gasteiger partial charge in [-0.3, -0.25) is 29.3 Å². The molecule has 1 unspecified atom stereocenters. The second kappa shape index (κ2) is 6.07. The van der Waals surface area contributed by atoms with E-state index in [1.54, 1.807) is 12.1 Å². The summed E-state index contributed by atoms with van der Waals surface area (Å²) in [6.45, 7) is 4.00. The van der Waals surface area contributed by atoms with Gasteiger partial charge in [0, 0.05) is 6.42 Å². The van der Waals surface area contributed by atoms with Crippen molar-refractivity contribution in [2.24, 2.45) is 0 Å². The topological polar surface area (TPSA) is 95.0 Å². The first-order valence-corrected chi connectivity index (χ1v) is 7.05.